The van der Waals surface area contributed by atoms with Crippen LogP contribution in [0.2, 0.25) is 0 Å². The summed E-state index contributed by atoms with van der Waals surface area (Å²) in [6.45, 7) is 0. The smallest absolute Gasteiger partial charge is 0.256 e. The Morgan fingerprint density at radius 3 is 2.79 bits per heavy atom. The van der Waals surface area contributed by atoms with Gasteiger partial charge in [0.05, 0.1) is 0 Å². The molecule has 29 heavy (non-hydrogen) atoms. The van der Waals surface area contributed by atoms with Crippen molar-refractivity contribution in [3.8, 4) is 11.5 Å². The van der Waals surface area contributed by atoms with E-state index < -0.39 is 6.04 Å². The molecule has 1 aromatic carbocycles. The molecule has 0 bridgehead atoms. The van der Waals surface area contributed by atoms with Crippen LogP contribution in [0.25, 0.3) is 11.5 Å². The van der Waals surface area contributed by atoms with Crippen LogP contribution in [0, 0.1) is 0 Å². The van der Waals surface area contributed by atoms with Crippen molar-refractivity contribution in [1.82, 2.24) is 31.9 Å². The lowest BCUT2D eigenvalue weighted by molar-refractivity contribution is -0.129. The van der Waals surface area contributed by atoms with Crippen LogP contribution >= 0.6 is 11.3 Å². The molecule has 0 radical (unpaired) electrons. The van der Waals surface area contributed by atoms with E-state index in [2.05, 4.69) is 31.9 Å². The third-order valence-corrected chi connectivity index (χ3v) is 5.23. The number of aryl methyl sites for hydroxylation is 1. The first-order chi connectivity index (χ1) is 14.2. The Kier molecular flexibility index (Phi) is 5.94. The van der Waals surface area contributed by atoms with Gasteiger partial charge in [-0.1, -0.05) is 30.3 Å². The van der Waals surface area contributed by atoms with E-state index in [1.54, 1.807) is 0 Å². The third kappa shape index (κ3) is 4.86. The third-order valence-electron chi connectivity index (χ3n) is 4.55. The van der Waals surface area contributed by atoms with Crippen molar-refractivity contribution in [3.63, 3.8) is 0 Å². The zero-order valence-electron chi connectivity index (χ0n) is 15.4. The normalized spacial score (nSPS) is 18.5. The molecule has 10 heteroatoms. The minimum absolute atomic E-state index is 0.0394. The summed E-state index contributed by atoms with van der Waals surface area (Å²) in [5.74, 6) is 0.170. The van der Waals surface area contributed by atoms with E-state index in [-0.39, 0.29) is 30.7 Å². The molecule has 0 aliphatic carbocycles. The molecule has 1 fully saturated rings. The first-order valence-electron chi connectivity index (χ1n) is 9.18. The molecule has 0 saturated carbocycles. The van der Waals surface area contributed by atoms with Gasteiger partial charge in [-0.05, 0) is 23.4 Å². The maximum absolute atomic E-state index is 12.3. The van der Waals surface area contributed by atoms with Crippen LogP contribution < -0.4 is 21.7 Å². The van der Waals surface area contributed by atoms with E-state index in [1.807, 2.05) is 47.2 Å². The molecule has 4 N–H and O–H groups in total. The van der Waals surface area contributed by atoms with Gasteiger partial charge in [0.15, 0.2) is 0 Å². The topological polar surface area (TPSA) is 121 Å². The van der Waals surface area contributed by atoms with Crippen molar-refractivity contribution in [3.05, 3.63) is 58.6 Å². The van der Waals surface area contributed by atoms with Gasteiger partial charge in [-0.25, -0.2) is 10.9 Å². The number of aromatic nitrogens is 2. The number of hydrogen-bond donors (Lipinski definition) is 4. The molecule has 150 valence electrons. The number of benzene rings is 1. The number of hydrazine groups is 2. The summed E-state index contributed by atoms with van der Waals surface area (Å²) in [5, 5.41) is 11.7. The molecule has 1 saturated heterocycles. The number of carbonyl (C=O) groups is 2. The average molecular weight is 412 g/mol. The first kappa shape index (κ1) is 19.2. The van der Waals surface area contributed by atoms with E-state index in [1.165, 1.54) is 11.3 Å². The van der Waals surface area contributed by atoms with Gasteiger partial charge in [0, 0.05) is 29.8 Å². The highest BCUT2D eigenvalue weighted by molar-refractivity contribution is 7.08. The molecule has 0 spiro atoms. The predicted octanol–water partition coefficient (Wildman–Crippen LogP) is 1.49. The Hall–Kier alpha value is -3.08. The fourth-order valence-electron chi connectivity index (χ4n) is 2.99. The molecule has 9 nitrogen and oxygen atoms in total. The summed E-state index contributed by atoms with van der Waals surface area (Å²) in [6, 6.07) is 11.4. The molecular weight excluding hydrogens is 392 g/mol. The highest BCUT2D eigenvalue weighted by Gasteiger charge is 2.30. The lowest BCUT2D eigenvalue weighted by atomic mass is 10.0. The van der Waals surface area contributed by atoms with Crippen LogP contribution in [0.1, 0.15) is 30.3 Å². The Morgan fingerprint density at radius 1 is 1.14 bits per heavy atom. The fourth-order valence-corrected chi connectivity index (χ4v) is 3.62. The molecule has 3 heterocycles. The van der Waals surface area contributed by atoms with E-state index in [0.717, 1.165) is 11.1 Å². The predicted molar refractivity (Wildman–Crippen MR) is 106 cm³/mol. The van der Waals surface area contributed by atoms with Gasteiger partial charge in [-0.15, -0.1) is 10.2 Å². The number of thiophene rings is 1. The van der Waals surface area contributed by atoms with Crippen LogP contribution in [0.3, 0.4) is 0 Å². The highest BCUT2D eigenvalue weighted by Crippen LogP contribution is 2.22. The Labute approximate surface area is 170 Å². The van der Waals surface area contributed by atoms with Gasteiger partial charge < -0.3 is 4.42 Å². The van der Waals surface area contributed by atoms with Crippen molar-refractivity contribution in [2.24, 2.45) is 0 Å². The largest absolute Gasteiger partial charge is 0.421 e. The SMILES string of the molecule is O=C(CCc1nnc(-c2ccsc2)o1)NNC(=O)C1CC(c2ccccc2)NN1. The number of nitrogens with one attached hydrogen (secondary N) is 4. The maximum atomic E-state index is 12.3. The van der Waals surface area contributed by atoms with E-state index in [4.69, 9.17) is 4.42 Å². The highest BCUT2D eigenvalue weighted by atomic mass is 32.1. The van der Waals surface area contributed by atoms with Gasteiger partial charge in [0.1, 0.15) is 6.04 Å². The van der Waals surface area contributed by atoms with Crippen LogP contribution in [0.15, 0.2) is 51.6 Å². The molecule has 3 aromatic rings. The van der Waals surface area contributed by atoms with Gasteiger partial charge in [0.2, 0.25) is 17.7 Å². The second kappa shape index (κ2) is 8.95. The number of hydrogen-bond acceptors (Lipinski definition) is 8. The van der Waals surface area contributed by atoms with Crippen LogP contribution in [-0.4, -0.2) is 28.1 Å². The number of nitrogens with zero attached hydrogens (tertiary/aromatic N) is 2. The van der Waals surface area contributed by atoms with Crippen LogP contribution in [0.4, 0.5) is 0 Å². The zero-order valence-corrected chi connectivity index (χ0v) is 16.2. The number of amides is 2. The van der Waals surface area contributed by atoms with Gasteiger partial charge in [-0.2, -0.15) is 11.3 Å². The quantitative estimate of drug-likeness (QED) is 0.453. The summed E-state index contributed by atoms with van der Waals surface area (Å²) in [4.78, 5) is 24.3. The lowest BCUT2D eigenvalue weighted by Gasteiger charge is -2.11. The van der Waals surface area contributed by atoms with Crippen molar-refractivity contribution in [2.75, 3.05) is 0 Å². The summed E-state index contributed by atoms with van der Waals surface area (Å²) >= 11 is 1.54. The molecule has 4 rings (SSSR count). The van der Waals surface area contributed by atoms with Gasteiger partial charge in [0.25, 0.3) is 5.91 Å². The Balaban J connectivity index is 1.19. The minimum atomic E-state index is -0.440. The summed E-state index contributed by atoms with van der Waals surface area (Å²) in [6.07, 6.45) is 0.992. The molecule has 1 aliphatic rings. The maximum Gasteiger partial charge on any atom is 0.256 e. The fraction of sp³-hybridized carbons (Fsp3) is 0.263. The van der Waals surface area contributed by atoms with Gasteiger partial charge >= 0.3 is 0 Å². The van der Waals surface area contributed by atoms with Crippen molar-refractivity contribution in [1.29, 1.82) is 0 Å². The molecule has 2 aromatic heterocycles. The van der Waals surface area contributed by atoms with Crippen molar-refractivity contribution in [2.45, 2.75) is 31.3 Å². The van der Waals surface area contributed by atoms with Crippen LogP contribution in [0.5, 0.6) is 0 Å². The first-order valence-corrected chi connectivity index (χ1v) is 10.1. The van der Waals surface area contributed by atoms with E-state index in [9.17, 15) is 9.59 Å². The van der Waals surface area contributed by atoms with Crippen molar-refractivity contribution >= 4 is 23.2 Å². The minimum Gasteiger partial charge on any atom is -0.421 e. The van der Waals surface area contributed by atoms with Crippen molar-refractivity contribution < 1.29 is 14.0 Å². The summed E-state index contributed by atoms with van der Waals surface area (Å²) < 4.78 is 5.54. The van der Waals surface area contributed by atoms with E-state index in [0.29, 0.717) is 18.2 Å². The second-order valence-electron chi connectivity index (χ2n) is 6.59. The van der Waals surface area contributed by atoms with E-state index >= 15 is 0 Å². The van der Waals surface area contributed by atoms with Crippen LogP contribution in [-0.2, 0) is 16.0 Å². The summed E-state index contributed by atoms with van der Waals surface area (Å²) in [7, 11) is 0. The molecule has 1 aliphatic heterocycles. The monoisotopic (exact) mass is 412 g/mol. The van der Waals surface area contributed by atoms with Gasteiger partial charge in [-0.3, -0.25) is 20.4 Å². The number of carbonyl (C=O) groups excluding carboxylic acids is 2. The molecular formula is C19H20N6O3S. The number of rotatable bonds is 6. The Morgan fingerprint density at radius 2 is 2.00 bits per heavy atom. The Bertz CT molecular complexity index is 960. The second-order valence-corrected chi connectivity index (χ2v) is 7.37. The average Bonchev–Trinajstić information content (AvgIpc) is 3.52. The standard InChI is InChI=1S/C19H20N6O3S/c26-16(6-7-17-23-25-19(28-17)13-8-9-29-11-13)22-24-18(27)15-10-14(20-21-15)12-4-2-1-3-5-12/h1-5,8-9,11,14-15,20-21H,6-7,10H2,(H,22,26)(H,24,27). The zero-order chi connectivity index (χ0) is 20.1. The molecule has 2 unspecified atom stereocenters. The molecule has 2 atom stereocenters. The summed E-state index contributed by atoms with van der Waals surface area (Å²) in [5.41, 5.74) is 12.9. The molecule has 2 amide bonds. The lowest BCUT2D eigenvalue weighted by Crippen LogP contribution is -2.50.